The molecule has 2 rings (SSSR count). The summed E-state index contributed by atoms with van der Waals surface area (Å²) in [4.78, 5) is 6.90. The van der Waals surface area contributed by atoms with Gasteiger partial charge in [0, 0.05) is 25.5 Å². The third-order valence-corrected chi connectivity index (χ3v) is 5.94. The third kappa shape index (κ3) is 4.51. The van der Waals surface area contributed by atoms with E-state index in [2.05, 4.69) is 15.3 Å². The van der Waals surface area contributed by atoms with Gasteiger partial charge < -0.3 is 0 Å². The number of hydrogen-bond donors (Lipinski definition) is 0. The van der Waals surface area contributed by atoms with Crippen molar-refractivity contribution in [1.29, 1.82) is 0 Å². The number of thiazole rings is 1. The molecular weight excluding hydrogens is 294 g/mol. The van der Waals surface area contributed by atoms with E-state index < -0.39 is 10.0 Å². The number of piperidine rings is 1. The first kappa shape index (κ1) is 15.9. The van der Waals surface area contributed by atoms with Crippen molar-refractivity contribution in [2.45, 2.75) is 26.3 Å². The smallest absolute Gasteiger partial charge is 0.210 e. The summed E-state index contributed by atoms with van der Waals surface area (Å²) in [5, 5.41) is 3.24. The number of aromatic nitrogens is 1. The van der Waals surface area contributed by atoms with E-state index in [1.54, 1.807) is 18.4 Å². The van der Waals surface area contributed by atoms with Crippen LogP contribution in [-0.2, 0) is 16.6 Å². The Kier molecular flexibility index (Phi) is 5.17. The van der Waals surface area contributed by atoms with E-state index in [1.165, 1.54) is 10.6 Å². The minimum Gasteiger partial charge on any atom is -0.297 e. The lowest BCUT2D eigenvalue weighted by Gasteiger charge is -2.33. The molecule has 1 fully saturated rings. The number of likely N-dealkylation sites (tertiary alicyclic amines) is 1. The van der Waals surface area contributed by atoms with Crippen LogP contribution < -0.4 is 0 Å². The molecule has 0 atom stereocenters. The molecule has 1 saturated heterocycles. The van der Waals surface area contributed by atoms with Crippen LogP contribution in [0.15, 0.2) is 5.38 Å². The average Bonchev–Trinajstić information content (AvgIpc) is 2.76. The molecule has 0 amide bonds. The van der Waals surface area contributed by atoms with E-state index in [4.69, 9.17) is 0 Å². The zero-order chi connectivity index (χ0) is 14.8. The maximum Gasteiger partial charge on any atom is 0.210 e. The second-order valence-corrected chi connectivity index (χ2v) is 8.77. The van der Waals surface area contributed by atoms with Crippen LogP contribution in [-0.4, -0.2) is 55.5 Å². The second-order valence-electron chi connectivity index (χ2n) is 5.62. The van der Waals surface area contributed by atoms with Crippen LogP contribution in [0.3, 0.4) is 0 Å². The molecule has 7 heteroatoms. The first-order valence-electron chi connectivity index (χ1n) is 6.89. The molecule has 1 aliphatic heterocycles. The number of aryl methyl sites for hydroxylation is 1. The first-order valence-corrected chi connectivity index (χ1v) is 9.62. The quantitative estimate of drug-likeness (QED) is 0.827. The van der Waals surface area contributed by atoms with Crippen molar-refractivity contribution in [2.75, 3.05) is 32.9 Å². The Labute approximate surface area is 125 Å². The minimum atomic E-state index is -3.05. The lowest BCUT2D eigenvalue weighted by Crippen LogP contribution is -2.38. The Balaban J connectivity index is 1.78. The Morgan fingerprint density at radius 2 is 2.10 bits per heavy atom. The fraction of sp³-hybridized carbons (Fsp3) is 0.769. The van der Waals surface area contributed by atoms with Gasteiger partial charge in [-0.15, -0.1) is 11.3 Å². The zero-order valence-corrected chi connectivity index (χ0v) is 14.0. The van der Waals surface area contributed by atoms with Gasteiger partial charge in [0.25, 0.3) is 0 Å². The third-order valence-electron chi connectivity index (χ3n) is 3.84. The van der Waals surface area contributed by atoms with Gasteiger partial charge >= 0.3 is 0 Å². The molecule has 0 N–H and O–H groups in total. The molecule has 0 unspecified atom stereocenters. The van der Waals surface area contributed by atoms with Gasteiger partial charge in [0.1, 0.15) is 0 Å². The summed E-state index contributed by atoms with van der Waals surface area (Å²) in [6, 6.07) is 0. The van der Waals surface area contributed by atoms with Crippen LogP contribution in [0.4, 0.5) is 0 Å². The first-order chi connectivity index (χ1) is 9.34. The van der Waals surface area contributed by atoms with Crippen molar-refractivity contribution in [1.82, 2.24) is 14.2 Å². The average molecular weight is 317 g/mol. The fourth-order valence-corrected chi connectivity index (χ4v) is 3.62. The van der Waals surface area contributed by atoms with Crippen LogP contribution in [0.2, 0.25) is 0 Å². The standard InChI is InChI=1S/C13H23N3O2S2/c1-11-14-13(10-19-11)9-16-6-4-12(5-7-16)8-15(2)20(3,17)18/h10,12H,4-9H2,1-3H3. The highest BCUT2D eigenvalue weighted by atomic mass is 32.2. The van der Waals surface area contributed by atoms with Crippen molar-refractivity contribution < 1.29 is 8.42 Å². The summed E-state index contributed by atoms with van der Waals surface area (Å²) in [6.45, 7) is 5.64. The molecule has 1 aliphatic rings. The SMILES string of the molecule is Cc1nc(CN2CCC(CN(C)S(C)(=O)=O)CC2)cs1. The van der Waals surface area contributed by atoms with Crippen molar-refractivity contribution >= 4 is 21.4 Å². The Bertz CT molecular complexity index is 534. The molecule has 20 heavy (non-hydrogen) atoms. The highest BCUT2D eigenvalue weighted by molar-refractivity contribution is 7.88. The van der Waals surface area contributed by atoms with E-state index >= 15 is 0 Å². The topological polar surface area (TPSA) is 53.5 Å². The summed E-state index contributed by atoms with van der Waals surface area (Å²) in [5.41, 5.74) is 1.15. The summed E-state index contributed by atoms with van der Waals surface area (Å²) < 4.78 is 24.3. The second kappa shape index (κ2) is 6.51. The van der Waals surface area contributed by atoms with Crippen LogP contribution in [0.25, 0.3) is 0 Å². The summed E-state index contributed by atoms with van der Waals surface area (Å²) in [6.07, 6.45) is 3.39. The molecule has 0 bridgehead atoms. The maximum atomic E-state index is 11.4. The van der Waals surface area contributed by atoms with Gasteiger partial charge in [0.05, 0.1) is 17.0 Å². The highest BCUT2D eigenvalue weighted by Gasteiger charge is 2.23. The molecule has 114 valence electrons. The molecule has 0 saturated carbocycles. The Hall–Kier alpha value is -0.500. The van der Waals surface area contributed by atoms with Gasteiger partial charge in [0.15, 0.2) is 0 Å². The largest absolute Gasteiger partial charge is 0.297 e. The molecule has 5 nitrogen and oxygen atoms in total. The molecule has 2 heterocycles. The van der Waals surface area contributed by atoms with E-state index in [-0.39, 0.29) is 0 Å². The van der Waals surface area contributed by atoms with Crippen LogP contribution in [0.5, 0.6) is 0 Å². The summed E-state index contributed by atoms with van der Waals surface area (Å²) >= 11 is 1.69. The normalized spacial score (nSPS) is 18.8. The Morgan fingerprint density at radius 1 is 1.45 bits per heavy atom. The lowest BCUT2D eigenvalue weighted by atomic mass is 9.97. The lowest BCUT2D eigenvalue weighted by molar-refractivity contribution is 0.165. The number of nitrogens with zero attached hydrogens (tertiary/aromatic N) is 3. The predicted octanol–water partition coefficient (Wildman–Crippen LogP) is 1.55. The van der Waals surface area contributed by atoms with E-state index in [0.717, 1.165) is 43.2 Å². The maximum absolute atomic E-state index is 11.4. The minimum absolute atomic E-state index is 0.475. The Morgan fingerprint density at radius 3 is 2.60 bits per heavy atom. The molecular formula is C13H23N3O2S2. The van der Waals surface area contributed by atoms with Gasteiger partial charge in [-0.25, -0.2) is 17.7 Å². The van der Waals surface area contributed by atoms with Gasteiger partial charge in [-0.2, -0.15) is 0 Å². The molecule has 1 aromatic rings. The van der Waals surface area contributed by atoms with Gasteiger partial charge in [-0.05, 0) is 38.8 Å². The van der Waals surface area contributed by atoms with E-state index in [9.17, 15) is 8.42 Å². The molecule has 0 radical (unpaired) electrons. The van der Waals surface area contributed by atoms with Crippen LogP contribution in [0, 0.1) is 12.8 Å². The summed E-state index contributed by atoms with van der Waals surface area (Å²) in [7, 11) is -1.38. The van der Waals surface area contributed by atoms with Gasteiger partial charge in [0.2, 0.25) is 10.0 Å². The number of rotatable bonds is 5. The van der Waals surface area contributed by atoms with Crippen molar-refractivity contribution in [3.63, 3.8) is 0 Å². The number of hydrogen-bond acceptors (Lipinski definition) is 5. The van der Waals surface area contributed by atoms with Crippen LogP contribution in [0.1, 0.15) is 23.5 Å². The zero-order valence-electron chi connectivity index (χ0n) is 12.4. The van der Waals surface area contributed by atoms with Crippen molar-refractivity contribution in [3.05, 3.63) is 16.1 Å². The number of sulfonamides is 1. The molecule has 1 aromatic heterocycles. The molecule has 0 aromatic carbocycles. The molecule has 0 spiro atoms. The summed E-state index contributed by atoms with van der Waals surface area (Å²) in [5.74, 6) is 0.475. The fourth-order valence-electron chi connectivity index (χ4n) is 2.54. The monoisotopic (exact) mass is 317 g/mol. The van der Waals surface area contributed by atoms with Crippen molar-refractivity contribution in [3.8, 4) is 0 Å². The van der Waals surface area contributed by atoms with Crippen LogP contribution >= 0.6 is 11.3 Å². The van der Waals surface area contributed by atoms with Crippen molar-refractivity contribution in [2.24, 2.45) is 5.92 Å². The predicted molar refractivity (Wildman–Crippen MR) is 82.3 cm³/mol. The molecule has 0 aliphatic carbocycles. The van der Waals surface area contributed by atoms with E-state index in [1.807, 2.05) is 6.92 Å². The highest BCUT2D eigenvalue weighted by Crippen LogP contribution is 2.21. The van der Waals surface area contributed by atoms with Gasteiger partial charge in [-0.3, -0.25) is 4.90 Å². The van der Waals surface area contributed by atoms with E-state index in [0.29, 0.717) is 12.5 Å². The van der Waals surface area contributed by atoms with Gasteiger partial charge in [-0.1, -0.05) is 0 Å².